The molecule has 0 spiro atoms. The van der Waals surface area contributed by atoms with Crippen molar-refractivity contribution in [2.75, 3.05) is 13.7 Å². The van der Waals surface area contributed by atoms with Crippen LogP contribution in [0.4, 0.5) is 4.39 Å². The normalized spacial score (nSPS) is 13.6. The summed E-state index contributed by atoms with van der Waals surface area (Å²) >= 11 is 0. The van der Waals surface area contributed by atoms with Gasteiger partial charge in [0.1, 0.15) is 12.4 Å². The first kappa shape index (κ1) is 16.9. The summed E-state index contributed by atoms with van der Waals surface area (Å²) in [6, 6.07) is 4.77. The van der Waals surface area contributed by atoms with Crippen molar-refractivity contribution in [1.29, 1.82) is 0 Å². The summed E-state index contributed by atoms with van der Waals surface area (Å²) in [6.07, 6.45) is 8.20. The van der Waals surface area contributed by atoms with Gasteiger partial charge in [0.25, 0.3) is 0 Å². The fourth-order valence-corrected chi connectivity index (χ4v) is 1.76. The van der Waals surface area contributed by atoms with E-state index < -0.39 is 0 Å². The Morgan fingerprint density at radius 1 is 1.45 bits per heavy atom. The maximum atomic E-state index is 14.1. The van der Waals surface area contributed by atoms with Crippen molar-refractivity contribution < 1.29 is 41.8 Å². The van der Waals surface area contributed by atoms with Crippen LogP contribution in [0.3, 0.4) is 0 Å². The van der Waals surface area contributed by atoms with Crippen molar-refractivity contribution in [2.24, 2.45) is 0 Å². The van der Waals surface area contributed by atoms with Crippen LogP contribution in [-0.4, -0.2) is 18.6 Å². The minimum Gasteiger partial charge on any atom is -0.490 e. The van der Waals surface area contributed by atoms with Crippen LogP contribution < -0.4 is 4.74 Å². The van der Waals surface area contributed by atoms with Crippen molar-refractivity contribution in [2.45, 2.75) is 0 Å². The molecule has 0 fully saturated rings. The van der Waals surface area contributed by atoms with Gasteiger partial charge in [0, 0.05) is 45.8 Å². The molecule has 1 aliphatic rings. The van der Waals surface area contributed by atoms with E-state index >= 15 is 0 Å². The second-order valence-corrected chi connectivity index (χ2v) is 4.12. The second kappa shape index (κ2) is 7.56. The Labute approximate surface area is 144 Å². The van der Waals surface area contributed by atoms with Crippen LogP contribution in [0.15, 0.2) is 55.3 Å². The SMILES string of the molecule is C=CCOc1ccc(C2=[C-]C=CC(=C)N2C)c(F)c1.[Y]. The van der Waals surface area contributed by atoms with Crippen LogP contribution in [0, 0.1) is 11.9 Å². The zero-order valence-electron chi connectivity index (χ0n) is 11.4. The molecule has 0 saturated carbocycles. The van der Waals surface area contributed by atoms with Gasteiger partial charge in [-0.15, -0.1) is 12.1 Å². The van der Waals surface area contributed by atoms with Gasteiger partial charge in [-0.2, -0.15) is 12.2 Å². The van der Waals surface area contributed by atoms with Gasteiger partial charge >= 0.3 is 0 Å². The summed E-state index contributed by atoms with van der Waals surface area (Å²) in [5, 5.41) is 0. The molecule has 2 rings (SSSR count). The quantitative estimate of drug-likeness (QED) is 0.611. The monoisotopic (exact) mass is 345 g/mol. The molecule has 2 nitrogen and oxygen atoms in total. The van der Waals surface area contributed by atoms with E-state index in [1.165, 1.54) is 6.07 Å². The molecule has 20 heavy (non-hydrogen) atoms. The molecule has 0 amide bonds. The molecule has 4 heteroatoms. The molecular formula is C16H15FNOY-. The first-order chi connectivity index (χ1) is 9.13. The second-order valence-electron chi connectivity index (χ2n) is 4.12. The van der Waals surface area contributed by atoms with Crippen LogP contribution >= 0.6 is 0 Å². The summed E-state index contributed by atoms with van der Waals surface area (Å²) in [4.78, 5) is 1.79. The van der Waals surface area contributed by atoms with Gasteiger partial charge in [-0.05, 0) is 11.8 Å². The van der Waals surface area contributed by atoms with Crippen molar-refractivity contribution in [1.82, 2.24) is 4.90 Å². The van der Waals surface area contributed by atoms with E-state index in [0.29, 0.717) is 23.6 Å². The molecular weight excluding hydrogens is 330 g/mol. The van der Waals surface area contributed by atoms with E-state index in [-0.39, 0.29) is 38.5 Å². The zero-order valence-corrected chi connectivity index (χ0v) is 14.2. The van der Waals surface area contributed by atoms with Gasteiger partial charge in [0.15, 0.2) is 0 Å². The molecule has 0 N–H and O–H groups in total. The number of benzene rings is 1. The van der Waals surface area contributed by atoms with E-state index in [4.69, 9.17) is 4.74 Å². The Morgan fingerprint density at radius 2 is 2.20 bits per heavy atom. The summed E-state index contributed by atoms with van der Waals surface area (Å²) in [6.45, 7) is 7.78. The molecule has 0 saturated heterocycles. The minimum absolute atomic E-state index is 0. The summed E-state index contributed by atoms with van der Waals surface area (Å²) in [5.74, 6) is 0.133. The Balaban J connectivity index is 0.00000200. The number of likely N-dealkylation sites (N-methyl/N-ethyl adjacent to an activating group) is 1. The molecule has 0 bridgehead atoms. The van der Waals surface area contributed by atoms with Crippen LogP contribution in [-0.2, 0) is 32.7 Å². The average Bonchev–Trinajstić information content (AvgIpc) is 2.40. The number of nitrogens with zero attached hydrogens (tertiary/aromatic N) is 1. The van der Waals surface area contributed by atoms with Crippen molar-refractivity contribution in [3.8, 4) is 5.75 Å². The van der Waals surface area contributed by atoms with E-state index in [2.05, 4.69) is 19.2 Å². The van der Waals surface area contributed by atoms with Crippen LogP contribution in [0.2, 0.25) is 0 Å². The third-order valence-corrected chi connectivity index (χ3v) is 2.83. The van der Waals surface area contributed by atoms with Gasteiger partial charge in [-0.1, -0.05) is 30.5 Å². The molecule has 1 aliphatic heterocycles. The number of allylic oxidation sites excluding steroid dienone is 3. The van der Waals surface area contributed by atoms with Gasteiger partial charge in [0.05, 0.1) is 5.82 Å². The van der Waals surface area contributed by atoms with Gasteiger partial charge in [-0.3, -0.25) is 0 Å². The third kappa shape index (κ3) is 3.68. The standard InChI is InChI=1S/C16H15FNO.Y/c1-4-10-19-13-8-9-14(15(17)11-13)16-7-5-6-12(2)18(16)3;/h4-6,8-9,11H,1-2,10H2,3H3;/q-1;. The van der Waals surface area contributed by atoms with E-state index in [9.17, 15) is 4.39 Å². The average molecular weight is 345 g/mol. The molecule has 0 aromatic heterocycles. The minimum atomic E-state index is -0.348. The molecule has 1 heterocycles. The fourth-order valence-electron chi connectivity index (χ4n) is 1.76. The predicted molar refractivity (Wildman–Crippen MR) is 74.8 cm³/mol. The first-order valence-electron chi connectivity index (χ1n) is 5.89. The van der Waals surface area contributed by atoms with Crippen molar-refractivity contribution in [3.63, 3.8) is 0 Å². The third-order valence-electron chi connectivity index (χ3n) is 2.83. The van der Waals surface area contributed by atoms with Gasteiger partial charge < -0.3 is 9.64 Å². The Hall–Kier alpha value is -1.19. The first-order valence-corrected chi connectivity index (χ1v) is 5.89. The molecule has 1 radical (unpaired) electrons. The Kier molecular flexibility index (Phi) is 6.37. The van der Waals surface area contributed by atoms with Gasteiger partial charge in [-0.25, -0.2) is 4.39 Å². The Morgan fingerprint density at radius 3 is 2.85 bits per heavy atom. The molecule has 0 atom stereocenters. The van der Waals surface area contributed by atoms with Crippen LogP contribution in [0.1, 0.15) is 5.56 Å². The molecule has 101 valence electrons. The van der Waals surface area contributed by atoms with Crippen LogP contribution in [0.25, 0.3) is 5.70 Å². The summed E-state index contributed by atoms with van der Waals surface area (Å²) in [7, 11) is 1.83. The molecule has 1 aromatic rings. The van der Waals surface area contributed by atoms with E-state index in [1.807, 2.05) is 13.1 Å². The molecule has 0 aliphatic carbocycles. The van der Waals surface area contributed by atoms with Crippen molar-refractivity contribution >= 4 is 5.70 Å². The zero-order chi connectivity index (χ0) is 13.8. The maximum absolute atomic E-state index is 14.1. The van der Waals surface area contributed by atoms with Crippen molar-refractivity contribution in [3.05, 3.63) is 72.7 Å². The predicted octanol–water partition coefficient (Wildman–Crippen LogP) is 3.55. The number of hydrogen-bond donors (Lipinski definition) is 0. The number of ether oxygens (including phenoxy) is 1. The summed E-state index contributed by atoms with van der Waals surface area (Å²) in [5.41, 5.74) is 1.92. The van der Waals surface area contributed by atoms with Crippen LogP contribution in [0.5, 0.6) is 5.75 Å². The molecule has 1 aromatic carbocycles. The Bertz CT molecular complexity index is 578. The summed E-state index contributed by atoms with van der Waals surface area (Å²) < 4.78 is 19.4. The largest absolute Gasteiger partial charge is 0.490 e. The van der Waals surface area contributed by atoms with Gasteiger partial charge in [0.2, 0.25) is 0 Å². The molecule has 0 unspecified atom stereocenters. The topological polar surface area (TPSA) is 12.5 Å². The maximum Gasteiger partial charge on any atom is 0.120 e. The van der Waals surface area contributed by atoms with E-state index in [0.717, 1.165) is 5.70 Å². The number of halogens is 1. The number of hydrogen-bond acceptors (Lipinski definition) is 2. The van der Waals surface area contributed by atoms with E-state index in [1.54, 1.807) is 29.2 Å². The number of rotatable bonds is 4. The fraction of sp³-hybridized carbons (Fsp3) is 0.125. The smallest absolute Gasteiger partial charge is 0.120 e.